The molecule has 3 heterocycles. The number of aryl methyl sites for hydroxylation is 1. The van der Waals surface area contributed by atoms with Crippen molar-refractivity contribution in [3.05, 3.63) is 65.6 Å². The second-order valence-corrected chi connectivity index (χ2v) is 7.56. The molecular weight excluding hydrogens is 348 g/mol. The van der Waals surface area contributed by atoms with Gasteiger partial charge in [-0.05, 0) is 49.4 Å². The number of pyridine rings is 1. The van der Waals surface area contributed by atoms with Crippen molar-refractivity contribution in [3.63, 3.8) is 0 Å². The van der Waals surface area contributed by atoms with E-state index in [0.29, 0.717) is 5.92 Å². The van der Waals surface area contributed by atoms with Gasteiger partial charge in [0.2, 0.25) is 0 Å². The Morgan fingerprint density at radius 3 is 2.75 bits per heavy atom. The summed E-state index contributed by atoms with van der Waals surface area (Å²) in [6, 6.07) is 12.4. The maximum atomic E-state index is 5.60. The lowest BCUT2D eigenvalue weighted by Crippen LogP contribution is -2.23. The third-order valence-corrected chi connectivity index (χ3v) is 5.92. The van der Waals surface area contributed by atoms with Crippen LogP contribution in [0.15, 0.2) is 48.8 Å². The molecule has 1 atom stereocenters. The molecule has 2 aromatic heterocycles. The molecule has 5 nitrogen and oxygen atoms in total. The standard InChI is InChI=1S/C23H24N4O/c1-28-21-8-3-2-5-18(21)17-11-14-27(15-17)23-19-6-4-7-20(19)25-22(26-23)16-9-12-24-13-10-16/h2-3,5,8-10,12-13,17H,4,6-7,11,14-15H2,1H3. The number of anilines is 1. The molecule has 0 bridgehead atoms. The van der Waals surface area contributed by atoms with E-state index < -0.39 is 0 Å². The molecule has 5 rings (SSSR count). The lowest BCUT2D eigenvalue weighted by molar-refractivity contribution is 0.406. The average molecular weight is 372 g/mol. The molecule has 0 saturated carbocycles. The second-order valence-electron chi connectivity index (χ2n) is 7.56. The summed E-state index contributed by atoms with van der Waals surface area (Å²) in [5.41, 5.74) is 4.90. The lowest BCUT2D eigenvalue weighted by Gasteiger charge is -2.22. The molecule has 1 fully saturated rings. The highest BCUT2D eigenvalue weighted by Crippen LogP contribution is 2.38. The summed E-state index contributed by atoms with van der Waals surface area (Å²) in [6.07, 6.45) is 8.02. The lowest BCUT2D eigenvalue weighted by atomic mass is 9.97. The Labute approximate surface area is 165 Å². The highest BCUT2D eigenvalue weighted by molar-refractivity contribution is 5.61. The molecule has 142 valence electrons. The van der Waals surface area contributed by atoms with Crippen LogP contribution in [0.2, 0.25) is 0 Å². The molecular formula is C23H24N4O. The fourth-order valence-electron chi connectivity index (χ4n) is 4.51. The van der Waals surface area contributed by atoms with Crippen molar-refractivity contribution in [1.29, 1.82) is 0 Å². The van der Waals surface area contributed by atoms with Gasteiger partial charge in [-0.15, -0.1) is 0 Å². The van der Waals surface area contributed by atoms with Crippen molar-refractivity contribution >= 4 is 5.82 Å². The number of nitrogens with zero attached hydrogens (tertiary/aromatic N) is 4. The van der Waals surface area contributed by atoms with Gasteiger partial charge in [-0.2, -0.15) is 0 Å². The Bertz CT molecular complexity index is 989. The van der Waals surface area contributed by atoms with Crippen LogP contribution in [0.3, 0.4) is 0 Å². The normalized spacial score (nSPS) is 18.3. The molecule has 0 radical (unpaired) electrons. The van der Waals surface area contributed by atoms with Gasteiger partial charge >= 0.3 is 0 Å². The number of hydrogen-bond acceptors (Lipinski definition) is 5. The number of fused-ring (bicyclic) bond motifs is 1. The zero-order chi connectivity index (χ0) is 18.9. The van der Waals surface area contributed by atoms with E-state index in [-0.39, 0.29) is 0 Å². The van der Waals surface area contributed by atoms with Crippen LogP contribution in [0, 0.1) is 0 Å². The van der Waals surface area contributed by atoms with E-state index in [2.05, 4.69) is 28.1 Å². The van der Waals surface area contributed by atoms with E-state index in [4.69, 9.17) is 14.7 Å². The van der Waals surface area contributed by atoms with Gasteiger partial charge in [0.1, 0.15) is 11.6 Å². The predicted octanol–water partition coefficient (Wildman–Crippen LogP) is 4.03. The van der Waals surface area contributed by atoms with Gasteiger partial charge in [-0.1, -0.05) is 18.2 Å². The molecule has 0 N–H and O–H groups in total. The van der Waals surface area contributed by atoms with Gasteiger partial charge in [0.25, 0.3) is 0 Å². The van der Waals surface area contributed by atoms with Gasteiger partial charge in [0, 0.05) is 48.2 Å². The topological polar surface area (TPSA) is 51.1 Å². The quantitative estimate of drug-likeness (QED) is 0.692. The first kappa shape index (κ1) is 17.2. The van der Waals surface area contributed by atoms with Crippen LogP contribution in [0.1, 0.15) is 35.6 Å². The van der Waals surface area contributed by atoms with Crippen LogP contribution in [-0.4, -0.2) is 35.2 Å². The highest BCUT2D eigenvalue weighted by Gasteiger charge is 2.30. The maximum absolute atomic E-state index is 5.60. The number of para-hydroxylation sites is 1. The average Bonchev–Trinajstić information content (AvgIpc) is 3.43. The van der Waals surface area contributed by atoms with Crippen molar-refractivity contribution in [2.75, 3.05) is 25.1 Å². The summed E-state index contributed by atoms with van der Waals surface area (Å²) >= 11 is 0. The van der Waals surface area contributed by atoms with Crippen LogP contribution in [0.25, 0.3) is 11.4 Å². The summed E-state index contributed by atoms with van der Waals surface area (Å²) in [6.45, 7) is 1.99. The van der Waals surface area contributed by atoms with Crippen molar-refractivity contribution < 1.29 is 4.74 Å². The molecule has 5 heteroatoms. The van der Waals surface area contributed by atoms with Gasteiger partial charge in [-0.25, -0.2) is 9.97 Å². The first-order valence-corrected chi connectivity index (χ1v) is 10.0. The van der Waals surface area contributed by atoms with Crippen molar-refractivity contribution in [1.82, 2.24) is 15.0 Å². The number of hydrogen-bond donors (Lipinski definition) is 0. The molecule has 3 aromatic rings. The third-order valence-electron chi connectivity index (χ3n) is 5.92. The number of aromatic nitrogens is 3. The van der Waals surface area contributed by atoms with Gasteiger partial charge < -0.3 is 9.64 Å². The number of methoxy groups -OCH3 is 1. The minimum atomic E-state index is 0.465. The smallest absolute Gasteiger partial charge is 0.161 e. The SMILES string of the molecule is COc1ccccc1C1CCN(c2nc(-c3ccncc3)nc3c2CCC3)C1. The molecule has 1 aliphatic heterocycles. The number of ether oxygens (including phenoxy) is 1. The molecule has 0 amide bonds. The fraction of sp³-hybridized carbons (Fsp3) is 0.348. The summed E-state index contributed by atoms with van der Waals surface area (Å²) in [4.78, 5) is 16.5. The van der Waals surface area contributed by atoms with E-state index in [0.717, 1.165) is 55.3 Å². The number of rotatable bonds is 4. The number of benzene rings is 1. The Morgan fingerprint density at radius 1 is 1.04 bits per heavy atom. The monoisotopic (exact) mass is 372 g/mol. The molecule has 0 spiro atoms. The van der Waals surface area contributed by atoms with E-state index in [1.807, 2.05) is 18.2 Å². The van der Waals surface area contributed by atoms with E-state index in [1.54, 1.807) is 19.5 Å². The Hall–Kier alpha value is -2.95. The van der Waals surface area contributed by atoms with Gasteiger partial charge in [0.05, 0.1) is 7.11 Å². The predicted molar refractivity (Wildman–Crippen MR) is 110 cm³/mol. The van der Waals surface area contributed by atoms with Crippen LogP contribution in [0.4, 0.5) is 5.82 Å². The summed E-state index contributed by atoms with van der Waals surface area (Å²) in [7, 11) is 1.75. The van der Waals surface area contributed by atoms with E-state index >= 15 is 0 Å². The molecule has 1 saturated heterocycles. The van der Waals surface area contributed by atoms with Crippen LogP contribution >= 0.6 is 0 Å². The molecule has 2 aliphatic rings. The largest absolute Gasteiger partial charge is 0.496 e. The van der Waals surface area contributed by atoms with Gasteiger partial charge in [-0.3, -0.25) is 4.98 Å². The fourth-order valence-corrected chi connectivity index (χ4v) is 4.51. The first-order chi connectivity index (χ1) is 13.8. The Morgan fingerprint density at radius 2 is 1.89 bits per heavy atom. The minimum Gasteiger partial charge on any atom is -0.496 e. The van der Waals surface area contributed by atoms with Crippen LogP contribution in [-0.2, 0) is 12.8 Å². The van der Waals surface area contributed by atoms with E-state index in [1.165, 1.54) is 23.2 Å². The Kier molecular flexibility index (Phi) is 4.43. The summed E-state index contributed by atoms with van der Waals surface area (Å²) in [5, 5.41) is 0. The molecule has 28 heavy (non-hydrogen) atoms. The van der Waals surface area contributed by atoms with Crippen LogP contribution in [0.5, 0.6) is 5.75 Å². The molecule has 1 aliphatic carbocycles. The maximum Gasteiger partial charge on any atom is 0.161 e. The van der Waals surface area contributed by atoms with Crippen molar-refractivity contribution in [2.45, 2.75) is 31.6 Å². The van der Waals surface area contributed by atoms with Crippen molar-refractivity contribution in [3.8, 4) is 17.1 Å². The zero-order valence-electron chi connectivity index (χ0n) is 16.1. The van der Waals surface area contributed by atoms with E-state index in [9.17, 15) is 0 Å². The first-order valence-electron chi connectivity index (χ1n) is 10.0. The second kappa shape index (κ2) is 7.23. The molecule has 1 unspecified atom stereocenters. The highest BCUT2D eigenvalue weighted by atomic mass is 16.5. The Balaban J connectivity index is 1.49. The van der Waals surface area contributed by atoms with Crippen molar-refractivity contribution in [2.24, 2.45) is 0 Å². The summed E-state index contributed by atoms with van der Waals surface area (Å²) in [5.74, 6) is 3.40. The minimum absolute atomic E-state index is 0.465. The van der Waals surface area contributed by atoms with Gasteiger partial charge in [0.15, 0.2) is 5.82 Å². The zero-order valence-corrected chi connectivity index (χ0v) is 16.1. The van der Waals surface area contributed by atoms with Crippen LogP contribution < -0.4 is 9.64 Å². The molecule has 1 aromatic carbocycles. The summed E-state index contributed by atoms with van der Waals surface area (Å²) < 4.78 is 5.60. The third kappa shape index (κ3) is 3.01.